The van der Waals surface area contributed by atoms with Crippen LogP contribution in [0.2, 0.25) is 0 Å². The molecule has 3 rings (SSSR count). The van der Waals surface area contributed by atoms with Gasteiger partial charge in [0.2, 0.25) is 0 Å². The Balaban J connectivity index is 2.39. The van der Waals surface area contributed by atoms with Crippen LogP contribution in [0.15, 0.2) is 60.4 Å². The Hall–Kier alpha value is -0.390. The van der Waals surface area contributed by atoms with Gasteiger partial charge in [0.05, 0.1) is 8.95 Å². The van der Waals surface area contributed by atoms with Crippen molar-refractivity contribution in [2.45, 2.75) is 0 Å². The second-order valence-electron chi connectivity index (χ2n) is 5.34. The predicted octanol–water partition coefficient (Wildman–Crippen LogP) is 6.98. The summed E-state index contributed by atoms with van der Waals surface area (Å²) in [5.41, 5.74) is 2.97. The Morgan fingerprint density at radius 2 is 1.20 bits per heavy atom. The average Bonchev–Trinajstić information content (AvgIpc) is 2.54. The lowest BCUT2D eigenvalue weighted by molar-refractivity contribution is 0.472. The quantitative estimate of drug-likeness (QED) is 0.308. The first kappa shape index (κ1) is 19.4. The molecule has 1 unspecified atom stereocenters. The minimum absolute atomic E-state index is 0.146. The molecule has 0 radical (unpaired) electrons. The van der Waals surface area contributed by atoms with Gasteiger partial charge in [-0.3, -0.25) is 0 Å². The third-order valence-electron chi connectivity index (χ3n) is 3.71. The van der Waals surface area contributed by atoms with E-state index in [1.165, 1.54) is 0 Å². The lowest BCUT2D eigenvalue weighted by atomic mass is 9.93. The van der Waals surface area contributed by atoms with Gasteiger partial charge in [-0.05, 0) is 67.0 Å². The normalized spacial score (nSPS) is 10.9. The van der Waals surface area contributed by atoms with Crippen LogP contribution < -0.4 is 5.30 Å². The van der Waals surface area contributed by atoms with Crippen LogP contribution in [0.4, 0.5) is 0 Å². The molecule has 128 valence electrons. The minimum atomic E-state index is 0.146. The maximum Gasteiger partial charge on any atom is 0.137 e. The molecule has 7 heteroatoms. The molecule has 0 bridgehead atoms. The molecule has 0 aliphatic heterocycles. The van der Waals surface area contributed by atoms with E-state index in [0.717, 1.165) is 25.4 Å². The molecule has 0 amide bonds. The highest BCUT2D eigenvalue weighted by atomic mass is 79.9. The summed E-state index contributed by atoms with van der Waals surface area (Å²) in [6.45, 7) is 0. The number of phenolic OH excluding ortho intramolecular Hbond substituents is 2. The van der Waals surface area contributed by atoms with Gasteiger partial charge in [0.1, 0.15) is 11.5 Å². The summed E-state index contributed by atoms with van der Waals surface area (Å²) in [7, 11) is 2.69. The highest BCUT2D eigenvalue weighted by Crippen LogP contribution is 2.45. The molecule has 3 aromatic carbocycles. The Morgan fingerprint density at radius 3 is 1.80 bits per heavy atom. The van der Waals surface area contributed by atoms with Gasteiger partial charge in [0.15, 0.2) is 0 Å². The van der Waals surface area contributed by atoms with E-state index in [0.29, 0.717) is 20.1 Å². The molecule has 2 N–H and O–H groups in total. The first-order valence-corrected chi connectivity index (χ1v) is 10.8. The van der Waals surface area contributed by atoms with Crippen molar-refractivity contribution in [2.75, 3.05) is 0 Å². The lowest BCUT2D eigenvalue weighted by Gasteiger charge is -2.17. The van der Waals surface area contributed by atoms with E-state index in [4.69, 9.17) is 0 Å². The van der Waals surface area contributed by atoms with Gasteiger partial charge in [0, 0.05) is 25.6 Å². The number of hydrogen-bond acceptors (Lipinski definition) is 2. The summed E-state index contributed by atoms with van der Waals surface area (Å²) >= 11 is 13.7. The molecular weight excluding hydrogens is 599 g/mol. The Kier molecular flexibility index (Phi) is 5.96. The molecule has 0 aromatic heterocycles. The van der Waals surface area contributed by atoms with Crippen LogP contribution in [0.25, 0.3) is 22.3 Å². The number of rotatable bonds is 2. The van der Waals surface area contributed by atoms with E-state index < -0.39 is 0 Å². The van der Waals surface area contributed by atoms with Crippen molar-refractivity contribution < 1.29 is 10.2 Å². The second kappa shape index (κ2) is 7.69. The fourth-order valence-corrected chi connectivity index (χ4v) is 5.50. The molecule has 0 heterocycles. The summed E-state index contributed by atoms with van der Waals surface area (Å²) in [6.07, 6.45) is 0. The number of phenols is 2. The van der Waals surface area contributed by atoms with E-state index in [-0.39, 0.29) is 11.5 Å². The summed E-state index contributed by atoms with van der Waals surface area (Å²) in [5, 5.41) is 22.1. The highest BCUT2D eigenvalue weighted by molar-refractivity contribution is 9.11. The van der Waals surface area contributed by atoms with Gasteiger partial charge in [0.25, 0.3) is 0 Å². The molecule has 0 saturated carbocycles. The molecular formula is C18H11Br4O2P. The topological polar surface area (TPSA) is 40.5 Å². The van der Waals surface area contributed by atoms with Crippen molar-refractivity contribution in [3.8, 4) is 33.8 Å². The van der Waals surface area contributed by atoms with Crippen LogP contribution in [0.3, 0.4) is 0 Å². The fourth-order valence-electron chi connectivity index (χ4n) is 2.62. The van der Waals surface area contributed by atoms with Crippen molar-refractivity contribution in [3.05, 3.63) is 60.4 Å². The smallest absolute Gasteiger partial charge is 0.137 e. The van der Waals surface area contributed by atoms with Gasteiger partial charge in [-0.2, -0.15) is 0 Å². The van der Waals surface area contributed by atoms with Crippen molar-refractivity contribution in [1.82, 2.24) is 0 Å². The predicted molar refractivity (Wildman–Crippen MR) is 121 cm³/mol. The zero-order valence-corrected chi connectivity index (χ0v) is 20.0. The van der Waals surface area contributed by atoms with E-state index in [1.54, 1.807) is 12.1 Å². The summed E-state index contributed by atoms with van der Waals surface area (Å²) in [6, 6.07) is 13.1. The van der Waals surface area contributed by atoms with E-state index in [2.05, 4.69) is 73.0 Å². The van der Waals surface area contributed by atoms with Crippen LogP contribution in [0.5, 0.6) is 11.5 Å². The largest absolute Gasteiger partial charge is 0.506 e. The van der Waals surface area contributed by atoms with E-state index >= 15 is 0 Å². The SMILES string of the molecule is Oc1c(Br)cc(Br)cc1-c1cccc(P)c1-c1cc(Br)cc(Br)c1O. The molecule has 0 fully saturated rings. The van der Waals surface area contributed by atoms with Gasteiger partial charge in [-0.15, -0.1) is 9.24 Å². The molecule has 0 saturated heterocycles. The standard InChI is InChI=1S/C18H11Br4O2P/c19-8-4-11(17(23)13(21)6-8)10-2-1-3-15(25)16(10)12-5-9(20)7-14(22)18(12)24/h1-7,23-24H,25H2. The van der Waals surface area contributed by atoms with Crippen LogP contribution in [0.1, 0.15) is 0 Å². The Labute approximate surface area is 181 Å². The number of hydrogen-bond donors (Lipinski definition) is 2. The molecule has 0 aliphatic rings. The monoisotopic (exact) mass is 606 g/mol. The highest BCUT2D eigenvalue weighted by Gasteiger charge is 2.19. The second-order valence-corrected chi connectivity index (χ2v) is 9.50. The van der Waals surface area contributed by atoms with Gasteiger partial charge >= 0.3 is 0 Å². The molecule has 3 aromatic rings. The maximum atomic E-state index is 10.6. The van der Waals surface area contributed by atoms with Gasteiger partial charge < -0.3 is 10.2 Å². The van der Waals surface area contributed by atoms with Crippen molar-refractivity contribution in [2.24, 2.45) is 0 Å². The van der Waals surface area contributed by atoms with Crippen molar-refractivity contribution in [3.63, 3.8) is 0 Å². The first-order chi connectivity index (χ1) is 11.8. The van der Waals surface area contributed by atoms with Crippen LogP contribution in [0, 0.1) is 0 Å². The van der Waals surface area contributed by atoms with Crippen LogP contribution >= 0.6 is 73.0 Å². The third-order valence-corrected chi connectivity index (χ3v) is 6.32. The third kappa shape index (κ3) is 3.84. The average molecular weight is 610 g/mol. The van der Waals surface area contributed by atoms with Crippen LogP contribution in [-0.2, 0) is 0 Å². The summed E-state index contributed by atoms with van der Waals surface area (Å²) < 4.78 is 2.87. The van der Waals surface area contributed by atoms with Crippen molar-refractivity contribution in [1.29, 1.82) is 0 Å². The summed E-state index contributed by atoms with van der Waals surface area (Å²) in [5.74, 6) is 0.293. The molecule has 0 aliphatic carbocycles. The van der Waals surface area contributed by atoms with E-state index in [1.807, 2.05) is 30.3 Å². The van der Waals surface area contributed by atoms with Gasteiger partial charge in [-0.1, -0.05) is 50.1 Å². The molecule has 0 spiro atoms. The zero-order chi connectivity index (χ0) is 18.3. The fraction of sp³-hybridized carbons (Fsp3) is 0. The zero-order valence-electron chi connectivity index (χ0n) is 12.5. The first-order valence-electron chi connectivity index (χ1n) is 7.05. The van der Waals surface area contributed by atoms with Gasteiger partial charge in [-0.25, -0.2) is 0 Å². The molecule has 25 heavy (non-hydrogen) atoms. The lowest BCUT2D eigenvalue weighted by Crippen LogP contribution is -2.00. The summed E-state index contributed by atoms with van der Waals surface area (Å²) in [4.78, 5) is 0. The van der Waals surface area contributed by atoms with Crippen molar-refractivity contribution >= 4 is 78.3 Å². The Bertz CT molecular complexity index is 989. The molecule has 2 nitrogen and oxygen atoms in total. The van der Waals surface area contributed by atoms with Crippen LogP contribution in [-0.4, -0.2) is 10.2 Å². The minimum Gasteiger partial charge on any atom is -0.506 e. The van der Waals surface area contributed by atoms with E-state index in [9.17, 15) is 10.2 Å². The number of halogens is 4. The maximum absolute atomic E-state index is 10.6. The Morgan fingerprint density at radius 1 is 0.680 bits per heavy atom. The number of benzene rings is 3. The number of aromatic hydroxyl groups is 2. The molecule has 1 atom stereocenters.